The summed E-state index contributed by atoms with van der Waals surface area (Å²) in [6.07, 6.45) is 0. The summed E-state index contributed by atoms with van der Waals surface area (Å²) < 4.78 is 5.38. The molecule has 5 nitrogen and oxygen atoms in total. The van der Waals surface area contributed by atoms with Crippen molar-refractivity contribution in [2.45, 2.75) is 26.7 Å². The highest BCUT2D eigenvalue weighted by Crippen LogP contribution is 2.36. The lowest BCUT2D eigenvalue weighted by Crippen LogP contribution is -2.39. The standard InChI is InChI=1S/C24H30N2O3/c1-5-25(6-2)24(28)22-16-26(23(27)20-13-8-7-10-17(20)3)15-21(22)18-11-9-12-19(14-18)29-4/h7-14,21-22H,5-6,15-16H2,1-4H3. The number of aryl methyl sites for hydroxylation is 1. The number of likely N-dealkylation sites (tertiary alicyclic amines) is 1. The lowest BCUT2D eigenvalue weighted by atomic mass is 9.88. The molecule has 1 heterocycles. The maximum absolute atomic E-state index is 13.3. The first-order valence-corrected chi connectivity index (χ1v) is 10.3. The van der Waals surface area contributed by atoms with E-state index in [1.807, 2.05) is 79.1 Å². The number of nitrogens with zero attached hydrogens (tertiary/aromatic N) is 2. The lowest BCUT2D eigenvalue weighted by Gasteiger charge is -2.26. The molecule has 0 aliphatic carbocycles. The fourth-order valence-electron chi connectivity index (χ4n) is 4.18. The first kappa shape index (κ1) is 20.9. The van der Waals surface area contributed by atoms with Gasteiger partial charge in [-0.15, -0.1) is 0 Å². The van der Waals surface area contributed by atoms with E-state index in [1.54, 1.807) is 7.11 Å². The Labute approximate surface area is 173 Å². The van der Waals surface area contributed by atoms with Gasteiger partial charge in [-0.25, -0.2) is 0 Å². The van der Waals surface area contributed by atoms with E-state index >= 15 is 0 Å². The summed E-state index contributed by atoms with van der Waals surface area (Å²) in [7, 11) is 1.64. The third-order valence-electron chi connectivity index (χ3n) is 5.90. The van der Waals surface area contributed by atoms with Crippen molar-refractivity contribution in [3.8, 4) is 5.75 Å². The van der Waals surface area contributed by atoms with Gasteiger partial charge >= 0.3 is 0 Å². The molecule has 2 amide bonds. The smallest absolute Gasteiger partial charge is 0.254 e. The van der Waals surface area contributed by atoms with Gasteiger partial charge in [-0.2, -0.15) is 0 Å². The van der Waals surface area contributed by atoms with Gasteiger partial charge in [0.2, 0.25) is 5.91 Å². The van der Waals surface area contributed by atoms with Crippen LogP contribution in [0, 0.1) is 12.8 Å². The third-order valence-corrected chi connectivity index (χ3v) is 5.90. The number of carbonyl (C=O) groups excluding carboxylic acids is 2. The van der Waals surface area contributed by atoms with Crippen molar-refractivity contribution >= 4 is 11.8 Å². The quantitative estimate of drug-likeness (QED) is 0.750. The highest BCUT2D eigenvalue weighted by molar-refractivity contribution is 5.96. The van der Waals surface area contributed by atoms with Gasteiger partial charge in [0.05, 0.1) is 13.0 Å². The maximum atomic E-state index is 13.3. The van der Waals surface area contributed by atoms with Crippen molar-refractivity contribution in [3.05, 3.63) is 65.2 Å². The monoisotopic (exact) mass is 394 g/mol. The fourth-order valence-corrected chi connectivity index (χ4v) is 4.18. The second-order valence-corrected chi connectivity index (χ2v) is 7.53. The molecule has 2 aromatic carbocycles. The highest BCUT2D eigenvalue weighted by Gasteiger charge is 2.42. The van der Waals surface area contributed by atoms with Crippen LogP contribution in [0.15, 0.2) is 48.5 Å². The van der Waals surface area contributed by atoms with Crippen LogP contribution < -0.4 is 4.74 Å². The summed E-state index contributed by atoms with van der Waals surface area (Å²) >= 11 is 0. The summed E-state index contributed by atoms with van der Waals surface area (Å²) in [6.45, 7) is 8.23. The molecule has 1 aliphatic heterocycles. The molecule has 2 atom stereocenters. The van der Waals surface area contributed by atoms with Crippen LogP contribution >= 0.6 is 0 Å². The minimum Gasteiger partial charge on any atom is -0.497 e. The number of hydrogen-bond donors (Lipinski definition) is 0. The molecule has 1 saturated heterocycles. The Balaban J connectivity index is 1.94. The molecule has 2 aromatic rings. The van der Waals surface area contributed by atoms with E-state index in [-0.39, 0.29) is 23.7 Å². The molecule has 0 spiro atoms. The van der Waals surface area contributed by atoms with Gasteiger partial charge in [-0.3, -0.25) is 9.59 Å². The Morgan fingerprint density at radius 1 is 1.07 bits per heavy atom. The molecule has 3 rings (SSSR count). The molecular formula is C24H30N2O3. The van der Waals surface area contributed by atoms with Crippen LogP contribution in [0.5, 0.6) is 5.75 Å². The summed E-state index contributed by atoms with van der Waals surface area (Å²) in [5.41, 5.74) is 2.69. The molecule has 0 aromatic heterocycles. The van der Waals surface area contributed by atoms with Gasteiger partial charge in [-0.1, -0.05) is 30.3 Å². The number of rotatable bonds is 6. The Morgan fingerprint density at radius 2 is 1.79 bits per heavy atom. The fraction of sp³-hybridized carbons (Fsp3) is 0.417. The normalized spacial score (nSPS) is 18.6. The number of ether oxygens (including phenoxy) is 1. The molecule has 154 valence electrons. The minimum absolute atomic E-state index is 0.00848. The first-order valence-electron chi connectivity index (χ1n) is 10.3. The van der Waals surface area contributed by atoms with Crippen LogP contribution in [-0.4, -0.2) is 54.9 Å². The molecule has 0 N–H and O–H groups in total. The zero-order valence-corrected chi connectivity index (χ0v) is 17.7. The second kappa shape index (κ2) is 9.12. The van der Waals surface area contributed by atoms with Crippen molar-refractivity contribution in [2.24, 2.45) is 5.92 Å². The van der Waals surface area contributed by atoms with Gasteiger partial charge in [0.15, 0.2) is 0 Å². The van der Waals surface area contributed by atoms with E-state index in [0.29, 0.717) is 31.7 Å². The van der Waals surface area contributed by atoms with Gasteiger partial charge in [0.25, 0.3) is 5.91 Å². The van der Waals surface area contributed by atoms with E-state index in [4.69, 9.17) is 4.74 Å². The summed E-state index contributed by atoms with van der Waals surface area (Å²) in [5.74, 6) is 0.565. The van der Waals surface area contributed by atoms with E-state index in [9.17, 15) is 9.59 Å². The maximum Gasteiger partial charge on any atom is 0.254 e. The average molecular weight is 395 g/mol. The Morgan fingerprint density at radius 3 is 2.45 bits per heavy atom. The largest absolute Gasteiger partial charge is 0.497 e. The molecule has 0 radical (unpaired) electrons. The Kier molecular flexibility index (Phi) is 6.57. The highest BCUT2D eigenvalue weighted by atomic mass is 16.5. The number of methoxy groups -OCH3 is 1. The van der Waals surface area contributed by atoms with Gasteiger partial charge < -0.3 is 14.5 Å². The number of hydrogen-bond acceptors (Lipinski definition) is 3. The second-order valence-electron chi connectivity index (χ2n) is 7.53. The lowest BCUT2D eigenvalue weighted by molar-refractivity contribution is -0.135. The van der Waals surface area contributed by atoms with Crippen LogP contribution in [0.3, 0.4) is 0 Å². The zero-order chi connectivity index (χ0) is 21.0. The predicted molar refractivity (Wildman–Crippen MR) is 114 cm³/mol. The number of benzene rings is 2. The van der Waals surface area contributed by atoms with Gasteiger partial charge in [0.1, 0.15) is 5.75 Å². The van der Waals surface area contributed by atoms with E-state index in [1.165, 1.54) is 0 Å². The van der Waals surface area contributed by atoms with E-state index < -0.39 is 0 Å². The van der Waals surface area contributed by atoms with Crippen molar-refractivity contribution in [1.29, 1.82) is 0 Å². The Bertz CT molecular complexity index is 876. The molecule has 1 fully saturated rings. The topological polar surface area (TPSA) is 49.9 Å². The van der Waals surface area contributed by atoms with Crippen LogP contribution in [-0.2, 0) is 4.79 Å². The van der Waals surface area contributed by atoms with Crippen molar-refractivity contribution in [2.75, 3.05) is 33.3 Å². The third kappa shape index (κ3) is 4.29. The summed E-state index contributed by atoms with van der Waals surface area (Å²) in [5, 5.41) is 0. The molecule has 2 unspecified atom stereocenters. The molecule has 0 bridgehead atoms. The SMILES string of the molecule is CCN(CC)C(=O)C1CN(C(=O)c2ccccc2C)CC1c1cccc(OC)c1. The molecule has 5 heteroatoms. The Hall–Kier alpha value is -2.82. The van der Waals surface area contributed by atoms with Gasteiger partial charge in [0, 0.05) is 37.7 Å². The van der Waals surface area contributed by atoms with Crippen molar-refractivity contribution in [3.63, 3.8) is 0 Å². The summed E-state index contributed by atoms with van der Waals surface area (Å²) in [4.78, 5) is 30.2. The molecule has 0 saturated carbocycles. The minimum atomic E-state index is -0.255. The van der Waals surface area contributed by atoms with Crippen LogP contribution in [0.25, 0.3) is 0 Å². The van der Waals surface area contributed by atoms with Crippen LogP contribution in [0.2, 0.25) is 0 Å². The average Bonchev–Trinajstić information content (AvgIpc) is 3.20. The number of amides is 2. The number of carbonyl (C=O) groups is 2. The molecule has 29 heavy (non-hydrogen) atoms. The van der Waals surface area contributed by atoms with Crippen molar-refractivity contribution in [1.82, 2.24) is 9.80 Å². The first-order chi connectivity index (χ1) is 14.0. The van der Waals surface area contributed by atoms with E-state index in [0.717, 1.165) is 16.9 Å². The molecular weight excluding hydrogens is 364 g/mol. The zero-order valence-electron chi connectivity index (χ0n) is 17.7. The van der Waals surface area contributed by atoms with Crippen LogP contribution in [0.1, 0.15) is 41.3 Å². The predicted octanol–water partition coefficient (Wildman–Crippen LogP) is 3.73. The van der Waals surface area contributed by atoms with E-state index in [2.05, 4.69) is 0 Å². The van der Waals surface area contributed by atoms with Gasteiger partial charge in [-0.05, 0) is 50.1 Å². The van der Waals surface area contributed by atoms with Crippen molar-refractivity contribution < 1.29 is 14.3 Å². The van der Waals surface area contributed by atoms with Crippen LogP contribution in [0.4, 0.5) is 0 Å². The summed E-state index contributed by atoms with van der Waals surface area (Å²) in [6, 6.07) is 15.5. The molecule has 1 aliphatic rings.